The van der Waals surface area contributed by atoms with Crippen LogP contribution < -0.4 is 0 Å². The third-order valence-electron chi connectivity index (χ3n) is 7.48. The summed E-state index contributed by atoms with van der Waals surface area (Å²) >= 11 is 0. The molecule has 0 spiro atoms. The molecule has 0 radical (unpaired) electrons. The standard InChI is InChI=1S/C30H36N6/c31-22-28-25(10-19-34-13-4-1-5-14-34)29(23-32)27(12-21-36-17-8-3-9-18-36)30(24-33)26(28)11-20-35-15-6-2-7-16-35/h10-12,19-21H,1-9,13-18H2/b19-10+,20-11+,21-12+. The second-order valence-electron chi connectivity index (χ2n) is 9.94. The van der Waals surface area contributed by atoms with E-state index in [9.17, 15) is 15.8 Å². The lowest BCUT2D eigenvalue weighted by Gasteiger charge is -2.26. The Kier molecular flexibility index (Phi) is 9.07. The van der Waals surface area contributed by atoms with Gasteiger partial charge in [0.05, 0.1) is 16.7 Å². The molecule has 36 heavy (non-hydrogen) atoms. The molecule has 3 heterocycles. The summed E-state index contributed by atoms with van der Waals surface area (Å²) in [6.07, 6.45) is 22.5. The molecular formula is C30H36N6. The number of nitriles is 3. The van der Waals surface area contributed by atoms with Gasteiger partial charge in [-0.15, -0.1) is 0 Å². The van der Waals surface area contributed by atoms with Crippen molar-refractivity contribution in [3.8, 4) is 18.2 Å². The smallest absolute Gasteiger partial charge is 0.100 e. The first kappa shape index (κ1) is 25.4. The van der Waals surface area contributed by atoms with Crippen molar-refractivity contribution in [2.75, 3.05) is 39.3 Å². The number of benzene rings is 1. The summed E-state index contributed by atoms with van der Waals surface area (Å²) in [5.41, 5.74) is 3.04. The highest BCUT2D eigenvalue weighted by atomic mass is 15.1. The fraction of sp³-hybridized carbons (Fsp3) is 0.500. The molecule has 1 aromatic rings. The van der Waals surface area contributed by atoms with Gasteiger partial charge in [0.1, 0.15) is 18.2 Å². The first-order valence-corrected chi connectivity index (χ1v) is 13.5. The minimum Gasteiger partial charge on any atom is -0.377 e. The van der Waals surface area contributed by atoms with Crippen LogP contribution in [-0.4, -0.2) is 54.0 Å². The Hall–Kier alpha value is -3.69. The maximum Gasteiger partial charge on any atom is 0.100 e. The maximum atomic E-state index is 10.2. The van der Waals surface area contributed by atoms with Gasteiger partial charge in [0.2, 0.25) is 0 Å². The number of hydrogen-bond acceptors (Lipinski definition) is 6. The predicted octanol–water partition coefficient (Wildman–Crippen LogP) is 5.67. The topological polar surface area (TPSA) is 81.1 Å². The van der Waals surface area contributed by atoms with Crippen LogP contribution in [0.5, 0.6) is 0 Å². The Balaban J connectivity index is 1.82. The Morgan fingerprint density at radius 1 is 0.417 bits per heavy atom. The van der Waals surface area contributed by atoms with Gasteiger partial charge in [-0.3, -0.25) is 0 Å². The Labute approximate surface area is 216 Å². The molecule has 0 amide bonds. The molecule has 3 aliphatic rings. The average molecular weight is 481 g/mol. The van der Waals surface area contributed by atoms with Crippen LogP contribution in [0.25, 0.3) is 18.2 Å². The van der Waals surface area contributed by atoms with E-state index in [1.54, 1.807) is 0 Å². The Morgan fingerprint density at radius 2 is 0.667 bits per heavy atom. The fourth-order valence-corrected chi connectivity index (χ4v) is 5.41. The van der Waals surface area contributed by atoms with E-state index in [0.29, 0.717) is 33.4 Å². The fourth-order valence-electron chi connectivity index (χ4n) is 5.41. The van der Waals surface area contributed by atoms with Crippen LogP contribution in [0.4, 0.5) is 0 Å². The van der Waals surface area contributed by atoms with Gasteiger partial charge in [-0.2, -0.15) is 15.8 Å². The lowest BCUT2D eigenvalue weighted by atomic mass is 9.87. The van der Waals surface area contributed by atoms with Crippen molar-refractivity contribution >= 4 is 18.2 Å². The average Bonchev–Trinajstić information content (AvgIpc) is 2.94. The van der Waals surface area contributed by atoms with Crippen molar-refractivity contribution in [1.29, 1.82) is 15.8 Å². The van der Waals surface area contributed by atoms with Crippen LogP contribution in [0, 0.1) is 34.0 Å². The molecule has 0 saturated carbocycles. The highest BCUT2D eigenvalue weighted by molar-refractivity contribution is 5.83. The van der Waals surface area contributed by atoms with Crippen LogP contribution >= 0.6 is 0 Å². The molecule has 3 aliphatic heterocycles. The van der Waals surface area contributed by atoms with Crippen LogP contribution in [0.3, 0.4) is 0 Å². The first-order valence-electron chi connectivity index (χ1n) is 13.5. The molecule has 0 aliphatic carbocycles. The SMILES string of the molecule is N#Cc1c(/C=C/N2CCCCC2)c(C#N)c(/C=C/N2CCCCC2)c(C#N)c1/C=C/N1CCCCC1. The zero-order chi connectivity index (χ0) is 25.2. The second kappa shape index (κ2) is 12.9. The van der Waals surface area contributed by atoms with E-state index in [0.717, 1.165) is 77.8 Å². The molecular weight excluding hydrogens is 444 g/mol. The zero-order valence-electron chi connectivity index (χ0n) is 21.3. The molecule has 0 bridgehead atoms. The molecule has 6 nitrogen and oxygen atoms in total. The zero-order valence-corrected chi connectivity index (χ0v) is 21.3. The molecule has 0 unspecified atom stereocenters. The number of hydrogen-bond donors (Lipinski definition) is 0. The lowest BCUT2D eigenvalue weighted by Crippen LogP contribution is -2.24. The summed E-state index contributed by atoms with van der Waals surface area (Å²) < 4.78 is 0. The van der Waals surface area contributed by atoms with Gasteiger partial charge >= 0.3 is 0 Å². The molecule has 4 rings (SSSR count). The minimum absolute atomic E-state index is 0.403. The van der Waals surface area contributed by atoms with Crippen molar-refractivity contribution < 1.29 is 0 Å². The molecule has 0 aromatic heterocycles. The van der Waals surface area contributed by atoms with Crippen LogP contribution in [0.15, 0.2) is 18.6 Å². The van der Waals surface area contributed by atoms with Crippen molar-refractivity contribution in [3.05, 3.63) is 52.0 Å². The highest BCUT2D eigenvalue weighted by Crippen LogP contribution is 2.32. The van der Waals surface area contributed by atoms with Gasteiger partial charge in [-0.05, 0) is 94.6 Å². The third kappa shape index (κ3) is 6.10. The van der Waals surface area contributed by atoms with Gasteiger partial charge in [-0.25, -0.2) is 0 Å². The van der Waals surface area contributed by atoms with E-state index in [-0.39, 0.29) is 0 Å². The van der Waals surface area contributed by atoms with Gasteiger partial charge in [0.15, 0.2) is 0 Å². The highest BCUT2D eigenvalue weighted by Gasteiger charge is 2.22. The molecule has 0 atom stereocenters. The normalized spacial score (nSPS) is 19.1. The van der Waals surface area contributed by atoms with Crippen molar-refractivity contribution in [1.82, 2.24) is 14.7 Å². The number of rotatable bonds is 6. The summed E-state index contributed by atoms with van der Waals surface area (Å²) in [5, 5.41) is 30.7. The number of nitrogens with zero attached hydrogens (tertiary/aromatic N) is 6. The van der Waals surface area contributed by atoms with E-state index in [1.165, 1.54) is 19.3 Å². The van der Waals surface area contributed by atoms with Crippen molar-refractivity contribution in [2.45, 2.75) is 57.8 Å². The van der Waals surface area contributed by atoms with Gasteiger partial charge in [0.25, 0.3) is 0 Å². The van der Waals surface area contributed by atoms with Crippen LogP contribution in [0.2, 0.25) is 0 Å². The van der Waals surface area contributed by atoms with E-state index in [1.807, 2.05) is 36.8 Å². The summed E-state index contributed by atoms with van der Waals surface area (Å²) in [7, 11) is 0. The molecule has 0 N–H and O–H groups in total. The first-order chi connectivity index (χ1) is 17.7. The van der Waals surface area contributed by atoms with Gasteiger partial charge in [0, 0.05) is 56.0 Å². The summed E-state index contributed by atoms with van der Waals surface area (Å²) in [5.74, 6) is 0. The predicted molar refractivity (Wildman–Crippen MR) is 144 cm³/mol. The van der Waals surface area contributed by atoms with Crippen molar-refractivity contribution in [3.63, 3.8) is 0 Å². The molecule has 3 fully saturated rings. The molecule has 1 aromatic carbocycles. The monoisotopic (exact) mass is 480 g/mol. The largest absolute Gasteiger partial charge is 0.377 e. The molecule has 3 saturated heterocycles. The summed E-state index contributed by atoms with van der Waals surface area (Å²) in [6, 6.07) is 7.04. The maximum absolute atomic E-state index is 10.2. The van der Waals surface area contributed by atoms with E-state index in [2.05, 4.69) is 32.9 Å². The second-order valence-corrected chi connectivity index (χ2v) is 9.94. The van der Waals surface area contributed by atoms with Crippen LogP contribution in [0.1, 0.15) is 91.2 Å². The quantitative estimate of drug-likeness (QED) is 0.522. The number of likely N-dealkylation sites (tertiary alicyclic amines) is 3. The lowest BCUT2D eigenvalue weighted by molar-refractivity contribution is 0.311. The van der Waals surface area contributed by atoms with Crippen molar-refractivity contribution in [2.24, 2.45) is 0 Å². The molecule has 186 valence electrons. The van der Waals surface area contributed by atoms with Gasteiger partial charge in [-0.1, -0.05) is 0 Å². The van der Waals surface area contributed by atoms with Gasteiger partial charge < -0.3 is 14.7 Å². The summed E-state index contributed by atoms with van der Waals surface area (Å²) in [6.45, 7) is 5.92. The third-order valence-corrected chi connectivity index (χ3v) is 7.48. The molecule has 6 heteroatoms. The van der Waals surface area contributed by atoms with E-state index in [4.69, 9.17) is 0 Å². The Bertz CT molecular complexity index is 958. The minimum atomic E-state index is 0.403. The van der Waals surface area contributed by atoms with E-state index < -0.39 is 0 Å². The van der Waals surface area contributed by atoms with E-state index >= 15 is 0 Å². The summed E-state index contributed by atoms with van der Waals surface area (Å²) in [4.78, 5) is 6.78. The number of piperidine rings is 3. The Morgan fingerprint density at radius 3 is 0.889 bits per heavy atom. The van der Waals surface area contributed by atoms with Crippen LogP contribution in [-0.2, 0) is 0 Å².